The number of aryl methyl sites for hydroxylation is 1. The van der Waals surface area contributed by atoms with Crippen LogP contribution in [-0.4, -0.2) is 38.4 Å². The van der Waals surface area contributed by atoms with Gasteiger partial charge < -0.3 is 10.4 Å². The van der Waals surface area contributed by atoms with E-state index in [1.54, 1.807) is 11.7 Å². The average molecular weight is 241 g/mol. The van der Waals surface area contributed by atoms with Crippen molar-refractivity contribution in [3.05, 3.63) is 17.5 Å². The lowest BCUT2D eigenvalue weighted by Crippen LogP contribution is -2.29. The maximum Gasteiger partial charge on any atom is 0.339 e. The summed E-state index contributed by atoms with van der Waals surface area (Å²) in [5, 5.41) is 16.3. The number of hydrogen-bond acceptors (Lipinski definition) is 4. The predicted octanol–water partition coefficient (Wildman–Crippen LogP) is 0.713. The molecule has 2 N–H and O–H groups in total. The minimum Gasteiger partial charge on any atom is -0.478 e. The van der Waals surface area contributed by atoms with Gasteiger partial charge in [0, 0.05) is 25.4 Å². The lowest BCUT2D eigenvalue weighted by Gasteiger charge is -2.11. The molecule has 0 aliphatic carbocycles. The largest absolute Gasteiger partial charge is 0.478 e. The minimum atomic E-state index is -0.911. The normalized spacial score (nSPS) is 20.2. The van der Waals surface area contributed by atoms with Gasteiger partial charge in [0.05, 0.1) is 11.9 Å². The van der Waals surface area contributed by atoms with Gasteiger partial charge in [-0.1, -0.05) is 0 Å². The van der Waals surface area contributed by atoms with Crippen LogP contribution in [0.15, 0.2) is 6.20 Å². The van der Waals surface area contributed by atoms with Gasteiger partial charge in [-0.2, -0.15) is 16.9 Å². The number of carboxylic acids is 1. The van der Waals surface area contributed by atoms with E-state index in [1.807, 2.05) is 11.8 Å². The third-order valence-electron chi connectivity index (χ3n) is 2.78. The first-order valence-corrected chi connectivity index (χ1v) is 6.39. The number of thioether (sulfide) groups is 1. The molecule has 88 valence electrons. The van der Waals surface area contributed by atoms with E-state index in [4.69, 9.17) is 5.11 Å². The van der Waals surface area contributed by atoms with E-state index in [0.29, 0.717) is 18.2 Å². The molecule has 2 rings (SSSR count). The van der Waals surface area contributed by atoms with Crippen LogP contribution in [-0.2, 0) is 13.6 Å². The summed E-state index contributed by atoms with van der Waals surface area (Å²) in [6.07, 6.45) is 2.56. The Morgan fingerprint density at radius 3 is 3.25 bits per heavy atom. The number of aromatic carboxylic acids is 1. The molecule has 1 aromatic rings. The quantitative estimate of drug-likeness (QED) is 0.813. The average Bonchev–Trinajstić information content (AvgIpc) is 2.84. The molecular weight excluding hydrogens is 226 g/mol. The van der Waals surface area contributed by atoms with Crippen molar-refractivity contribution in [2.24, 2.45) is 7.05 Å². The molecule has 1 atom stereocenters. The van der Waals surface area contributed by atoms with Gasteiger partial charge in [0.2, 0.25) is 0 Å². The summed E-state index contributed by atoms with van der Waals surface area (Å²) in [4.78, 5) is 10.9. The summed E-state index contributed by atoms with van der Waals surface area (Å²) >= 11 is 1.93. The SMILES string of the molecule is Cn1ncc(C(=O)O)c1CNC1CCSC1. The van der Waals surface area contributed by atoms with Crippen LogP contribution in [0.1, 0.15) is 22.5 Å². The first-order chi connectivity index (χ1) is 7.68. The van der Waals surface area contributed by atoms with Crippen LogP contribution in [0.3, 0.4) is 0 Å². The van der Waals surface area contributed by atoms with Gasteiger partial charge in [-0.05, 0) is 12.2 Å². The number of aromatic nitrogens is 2. The van der Waals surface area contributed by atoms with Crippen LogP contribution in [0.5, 0.6) is 0 Å². The van der Waals surface area contributed by atoms with Crippen LogP contribution in [0, 0.1) is 0 Å². The number of carbonyl (C=O) groups is 1. The van der Waals surface area contributed by atoms with Crippen molar-refractivity contribution >= 4 is 17.7 Å². The molecule has 0 radical (unpaired) electrons. The van der Waals surface area contributed by atoms with Crippen LogP contribution in [0.4, 0.5) is 0 Å². The van der Waals surface area contributed by atoms with Gasteiger partial charge in [0.15, 0.2) is 0 Å². The molecule has 5 nitrogen and oxygen atoms in total. The Morgan fingerprint density at radius 2 is 2.62 bits per heavy atom. The van der Waals surface area contributed by atoms with Crippen molar-refractivity contribution in [1.29, 1.82) is 0 Å². The monoisotopic (exact) mass is 241 g/mol. The van der Waals surface area contributed by atoms with Crippen molar-refractivity contribution in [3.63, 3.8) is 0 Å². The molecule has 0 aromatic carbocycles. The van der Waals surface area contributed by atoms with E-state index in [0.717, 1.165) is 17.9 Å². The Hall–Kier alpha value is -1.01. The highest BCUT2D eigenvalue weighted by atomic mass is 32.2. The molecule has 1 aromatic heterocycles. The van der Waals surface area contributed by atoms with E-state index >= 15 is 0 Å². The van der Waals surface area contributed by atoms with E-state index < -0.39 is 5.97 Å². The number of rotatable bonds is 4. The first kappa shape index (κ1) is 11.5. The lowest BCUT2D eigenvalue weighted by molar-refractivity contribution is 0.0695. The molecule has 1 unspecified atom stereocenters. The third-order valence-corrected chi connectivity index (χ3v) is 3.94. The Labute approximate surface area is 98.2 Å². The van der Waals surface area contributed by atoms with Crippen molar-refractivity contribution in [1.82, 2.24) is 15.1 Å². The van der Waals surface area contributed by atoms with Gasteiger partial charge in [-0.3, -0.25) is 4.68 Å². The van der Waals surface area contributed by atoms with Crippen LogP contribution < -0.4 is 5.32 Å². The zero-order valence-corrected chi connectivity index (χ0v) is 9.96. The molecule has 1 saturated heterocycles. The number of carboxylic acid groups (broad SMARTS) is 1. The van der Waals surface area contributed by atoms with Gasteiger partial charge in [-0.15, -0.1) is 0 Å². The maximum atomic E-state index is 10.9. The summed E-state index contributed by atoms with van der Waals surface area (Å²) in [5.74, 6) is 1.39. The molecule has 0 saturated carbocycles. The van der Waals surface area contributed by atoms with E-state index in [9.17, 15) is 4.79 Å². The van der Waals surface area contributed by atoms with Crippen LogP contribution in [0.2, 0.25) is 0 Å². The van der Waals surface area contributed by atoms with Crippen molar-refractivity contribution in [2.45, 2.75) is 19.0 Å². The second-order valence-electron chi connectivity index (χ2n) is 3.88. The van der Waals surface area contributed by atoms with Crippen molar-refractivity contribution in [3.8, 4) is 0 Å². The Morgan fingerprint density at radius 1 is 1.81 bits per heavy atom. The Bertz CT molecular complexity index is 385. The van der Waals surface area contributed by atoms with Gasteiger partial charge >= 0.3 is 5.97 Å². The molecule has 6 heteroatoms. The molecular formula is C10H15N3O2S. The standard InChI is InChI=1S/C10H15N3O2S/c1-13-9(8(4-12-13)10(14)15)5-11-7-2-3-16-6-7/h4,7,11H,2-3,5-6H2,1H3,(H,14,15). The summed E-state index contributed by atoms with van der Waals surface area (Å²) in [5.41, 5.74) is 1.03. The maximum absolute atomic E-state index is 10.9. The fourth-order valence-electron chi connectivity index (χ4n) is 1.79. The Kier molecular flexibility index (Phi) is 3.50. The molecule has 16 heavy (non-hydrogen) atoms. The summed E-state index contributed by atoms with van der Waals surface area (Å²) in [6, 6.07) is 0.501. The molecule has 0 amide bonds. The smallest absolute Gasteiger partial charge is 0.339 e. The lowest BCUT2D eigenvalue weighted by atomic mass is 10.2. The predicted molar refractivity (Wildman–Crippen MR) is 62.7 cm³/mol. The minimum absolute atomic E-state index is 0.292. The summed E-state index contributed by atoms with van der Waals surface area (Å²) in [7, 11) is 1.77. The zero-order chi connectivity index (χ0) is 11.5. The second kappa shape index (κ2) is 4.88. The highest BCUT2D eigenvalue weighted by Crippen LogP contribution is 2.17. The highest BCUT2D eigenvalue weighted by Gasteiger charge is 2.18. The van der Waals surface area contributed by atoms with Crippen LogP contribution >= 0.6 is 11.8 Å². The van der Waals surface area contributed by atoms with Crippen LogP contribution in [0.25, 0.3) is 0 Å². The van der Waals surface area contributed by atoms with E-state index in [-0.39, 0.29) is 0 Å². The van der Waals surface area contributed by atoms with Crippen molar-refractivity contribution in [2.75, 3.05) is 11.5 Å². The number of hydrogen-bond donors (Lipinski definition) is 2. The third kappa shape index (κ3) is 2.38. The van der Waals surface area contributed by atoms with Crippen molar-refractivity contribution < 1.29 is 9.90 Å². The molecule has 2 heterocycles. The molecule has 0 bridgehead atoms. The van der Waals surface area contributed by atoms with E-state index in [2.05, 4.69) is 10.4 Å². The van der Waals surface area contributed by atoms with Gasteiger partial charge in [0.1, 0.15) is 5.56 Å². The molecule has 1 fully saturated rings. The molecule has 1 aliphatic heterocycles. The summed E-state index contributed by atoms with van der Waals surface area (Å²) in [6.45, 7) is 0.573. The zero-order valence-electron chi connectivity index (χ0n) is 9.14. The fraction of sp³-hybridized carbons (Fsp3) is 0.600. The Balaban J connectivity index is 2.02. The highest BCUT2D eigenvalue weighted by molar-refractivity contribution is 7.99. The van der Waals surface area contributed by atoms with E-state index in [1.165, 1.54) is 11.9 Å². The number of nitrogens with one attached hydrogen (secondary N) is 1. The first-order valence-electron chi connectivity index (χ1n) is 5.24. The molecule has 0 spiro atoms. The number of nitrogens with zero attached hydrogens (tertiary/aromatic N) is 2. The fourth-order valence-corrected chi connectivity index (χ4v) is 2.97. The second-order valence-corrected chi connectivity index (χ2v) is 5.02. The molecule has 1 aliphatic rings. The van der Waals surface area contributed by atoms with Gasteiger partial charge in [-0.25, -0.2) is 4.79 Å². The topological polar surface area (TPSA) is 67.2 Å². The summed E-state index contributed by atoms with van der Waals surface area (Å²) < 4.78 is 1.62. The van der Waals surface area contributed by atoms with Gasteiger partial charge in [0.25, 0.3) is 0 Å².